The van der Waals surface area contributed by atoms with Gasteiger partial charge in [0.2, 0.25) is 0 Å². The average molecular weight is 712 g/mol. The van der Waals surface area contributed by atoms with Crippen molar-refractivity contribution < 1.29 is 26.3 Å². The van der Waals surface area contributed by atoms with E-state index >= 15 is 0 Å². The summed E-state index contributed by atoms with van der Waals surface area (Å²) in [6.45, 7) is 0. The van der Waals surface area contributed by atoms with Crippen LogP contribution < -0.4 is 0 Å². The molecule has 0 spiro atoms. The molecule has 258 valence electrons. The number of hydrogen-bond donors (Lipinski definition) is 0. The van der Waals surface area contributed by atoms with Crippen LogP contribution in [0.5, 0.6) is 0 Å². The van der Waals surface area contributed by atoms with Gasteiger partial charge in [-0.25, -0.2) is 15.0 Å². The largest absolute Gasteiger partial charge is 0.417 e. The number of benzene rings is 6. The summed E-state index contributed by atoms with van der Waals surface area (Å²) in [6, 6.07) is 39.3. The van der Waals surface area contributed by atoms with Crippen LogP contribution in [-0.2, 0) is 12.4 Å². The van der Waals surface area contributed by atoms with Crippen LogP contribution in [0.4, 0.5) is 26.3 Å². The summed E-state index contributed by atoms with van der Waals surface area (Å²) in [6.07, 6.45) is -10.1. The van der Waals surface area contributed by atoms with Crippen molar-refractivity contribution >= 4 is 21.8 Å². The third-order valence-corrected chi connectivity index (χ3v) is 8.95. The van der Waals surface area contributed by atoms with Gasteiger partial charge < -0.3 is 4.57 Å². The third-order valence-electron chi connectivity index (χ3n) is 8.95. The zero-order chi connectivity index (χ0) is 36.9. The number of para-hydroxylation sites is 1. The quantitative estimate of drug-likeness (QED) is 0.167. The predicted octanol–water partition coefficient (Wildman–Crippen LogP) is 11.5. The predicted molar refractivity (Wildman–Crippen MR) is 191 cm³/mol. The molecule has 0 radical (unpaired) electrons. The summed E-state index contributed by atoms with van der Waals surface area (Å²) in [5.74, 6) is 0.895. The molecule has 2 heterocycles. The molecule has 8 aromatic rings. The van der Waals surface area contributed by atoms with E-state index in [0.29, 0.717) is 56.7 Å². The molecule has 0 unspecified atom stereocenters. The van der Waals surface area contributed by atoms with Crippen LogP contribution in [0.1, 0.15) is 16.7 Å². The highest BCUT2D eigenvalue weighted by Gasteiger charge is 2.38. The van der Waals surface area contributed by atoms with Gasteiger partial charge in [-0.2, -0.15) is 31.6 Å². The summed E-state index contributed by atoms with van der Waals surface area (Å²) in [7, 11) is 0. The van der Waals surface area contributed by atoms with E-state index < -0.39 is 29.0 Å². The first-order valence-corrected chi connectivity index (χ1v) is 16.2. The van der Waals surface area contributed by atoms with Gasteiger partial charge in [-0.15, -0.1) is 0 Å². The van der Waals surface area contributed by atoms with E-state index in [1.54, 1.807) is 24.3 Å². The molecule has 6 aromatic carbocycles. The first kappa shape index (κ1) is 33.3. The van der Waals surface area contributed by atoms with Gasteiger partial charge in [0.25, 0.3) is 0 Å². The van der Waals surface area contributed by atoms with Crippen molar-refractivity contribution in [1.29, 1.82) is 5.26 Å². The summed E-state index contributed by atoms with van der Waals surface area (Å²) in [5.41, 5.74) is 0.435. The average Bonchev–Trinajstić information content (AvgIpc) is 3.50. The topological polar surface area (TPSA) is 67.4 Å². The Kier molecular flexibility index (Phi) is 8.03. The summed E-state index contributed by atoms with van der Waals surface area (Å²) >= 11 is 0. The highest BCUT2D eigenvalue weighted by atomic mass is 19.4. The summed E-state index contributed by atoms with van der Waals surface area (Å²) < 4.78 is 86.2. The Morgan fingerprint density at radius 3 is 1.70 bits per heavy atom. The zero-order valence-electron chi connectivity index (χ0n) is 27.3. The fourth-order valence-corrected chi connectivity index (χ4v) is 6.51. The molecule has 0 amide bonds. The van der Waals surface area contributed by atoms with Crippen molar-refractivity contribution in [3.63, 3.8) is 0 Å². The maximum atomic E-state index is 14.5. The van der Waals surface area contributed by atoms with Crippen molar-refractivity contribution in [2.75, 3.05) is 0 Å². The molecule has 0 bridgehead atoms. The molecule has 5 nitrogen and oxygen atoms in total. The van der Waals surface area contributed by atoms with E-state index in [-0.39, 0.29) is 17.5 Å². The normalized spacial score (nSPS) is 11.9. The Bertz CT molecular complexity index is 2650. The minimum absolute atomic E-state index is 0.00721. The fourth-order valence-electron chi connectivity index (χ4n) is 6.51. The monoisotopic (exact) mass is 711 g/mol. The second-order valence-electron chi connectivity index (χ2n) is 12.2. The molecule has 53 heavy (non-hydrogen) atoms. The molecule has 11 heteroatoms. The minimum atomic E-state index is -5.10. The number of nitriles is 1. The van der Waals surface area contributed by atoms with Crippen molar-refractivity contribution in [2.24, 2.45) is 0 Å². The molecule has 0 N–H and O–H groups in total. The van der Waals surface area contributed by atoms with Gasteiger partial charge >= 0.3 is 12.4 Å². The van der Waals surface area contributed by atoms with Gasteiger partial charge in [-0.05, 0) is 53.6 Å². The van der Waals surface area contributed by atoms with Gasteiger partial charge in [-0.3, -0.25) is 0 Å². The highest BCUT2D eigenvalue weighted by Crippen LogP contribution is 2.43. The fraction of sp³-hybridized carbons (Fsp3) is 0.0476. The van der Waals surface area contributed by atoms with E-state index in [4.69, 9.17) is 15.0 Å². The SMILES string of the molecule is N#Cc1ccc2c3ccccc3n(-c3cc(-c4ccc(C(F)(F)F)cc4C(F)(F)F)ccc3-c3nc(-c4ccccc4)nc(-c4ccccc4)n3)c2c1. The van der Waals surface area contributed by atoms with Crippen LogP contribution >= 0.6 is 0 Å². The molecule has 0 aliphatic heterocycles. The Balaban J connectivity index is 1.47. The first-order chi connectivity index (χ1) is 25.5. The van der Waals surface area contributed by atoms with E-state index in [9.17, 15) is 31.6 Å². The molecule has 0 saturated carbocycles. The lowest BCUT2D eigenvalue weighted by Crippen LogP contribution is -2.12. The van der Waals surface area contributed by atoms with E-state index in [0.717, 1.165) is 16.8 Å². The van der Waals surface area contributed by atoms with Crippen LogP contribution in [0.3, 0.4) is 0 Å². The summed E-state index contributed by atoms with van der Waals surface area (Å²) in [4.78, 5) is 14.5. The zero-order valence-corrected chi connectivity index (χ0v) is 27.3. The lowest BCUT2D eigenvalue weighted by atomic mass is 9.95. The summed E-state index contributed by atoms with van der Waals surface area (Å²) in [5, 5.41) is 11.4. The number of alkyl halides is 6. The van der Waals surface area contributed by atoms with Crippen molar-refractivity contribution in [3.05, 3.63) is 156 Å². The first-order valence-electron chi connectivity index (χ1n) is 16.2. The van der Waals surface area contributed by atoms with Gasteiger partial charge in [0.1, 0.15) is 0 Å². The number of halogens is 6. The number of hydrogen-bond acceptors (Lipinski definition) is 4. The van der Waals surface area contributed by atoms with Crippen LogP contribution in [0.2, 0.25) is 0 Å². The van der Waals surface area contributed by atoms with Crippen molar-refractivity contribution in [2.45, 2.75) is 12.4 Å². The van der Waals surface area contributed by atoms with Crippen molar-refractivity contribution in [1.82, 2.24) is 19.5 Å². The number of nitrogens with zero attached hydrogens (tertiary/aromatic N) is 5. The highest BCUT2D eigenvalue weighted by molar-refractivity contribution is 6.10. The molecule has 0 fully saturated rings. The lowest BCUT2D eigenvalue weighted by molar-refractivity contribution is -0.142. The van der Waals surface area contributed by atoms with Crippen LogP contribution in [0.15, 0.2) is 140 Å². The van der Waals surface area contributed by atoms with E-state index in [1.807, 2.05) is 89.5 Å². The van der Waals surface area contributed by atoms with Crippen LogP contribution in [-0.4, -0.2) is 19.5 Å². The Morgan fingerprint density at radius 2 is 1.08 bits per heavy atom. The Hall–Kier alpha value is -6.80. The molecule has 0 atom stereocenters. The maximum Gasteiger partial charge on any atom is 0.417 e. The molecular formula is C42H23F6N5. The minimum Gasteiger partial charge on any atom is -0.308 e. The molecule has 8 rings (SSSR count). The molecule has 0 aliphatic rings. The Morgan fingerprint density at radius 1 is 0.491 bits per heavy atom. The lowest BCUT2D eigenvalue weighted by Gasteiger charge is -2.19. The number of fused-ring (bicyclic) bond motifs is 3. The van der Waals surface area contributed by atoms with E-state index in [1.165, 1.54) is 12.1 Å². The standard InChI is InChI=1S/C42H23F6N5/c43-41(44,45)29-17-20-30(34(23-29)42(46,47)48)28-16-19-33(37(22-28)53-35-14-8-7-13-31(35)32-18-15-25(24-49)21-36(32)53)40-51-38(26-9-3-1-4-10-26)50-39(52-40)27-11-5-2-6-12-27/h1-23H. The van der Waals surface area contributed by atoms with Crippen LogP contribution in [0, 0.1) is 11.3 Å². The van der Waals surface area contributed by atoms with Crippen LogP contribution in [0.25, 0.3) is 72.8 Å². The number of aromatic nitrogens is 4. The van der Waals surface area contributed by atoms with Gasteiger partial charge in [0, 0.05) is 27.5 Å². The maximum absolute atomic E-state index is 14.5. The molecule has 0 aliphatic carbocycles. The molecule has 2 aromatic heterocycles. The second-order valence-corrected chi connectivity index (χ2v) is 12.2. The number of rotatable bonds is 5. The van der Waals surface area contributed by atoms with Gasteiger partial charge in [0.15, 0.2) is 17.5 Å². The van der Waals surface area contributed by atoms with Gasteiger partial charge in [0.05, 0.1) is 39.5 Å². The smallest absolute Gasteiger partial charge is 0.308 e. The van der Waals surface area contributed by atoms with Gasteiger partial charge in [-0.1, -0.05) is 97.1 Å². The third kappa shape index (κ3) is 6.14. The van der Waals surface area contributed by atoms with Crippen molar-refractivity contribution in [3.8, 4) is 57.0 Å². The molecule has 0 saturated heterocycles. The van der Waals surface area contributed by atoms with E-state index in [2.05, 4.69) is 6.07 Å². The Labute approximate surface area is 298 Å². The molecular weight excluding hydrogens is 688 g/mol. The second kappa shape index (κ2) is 12.8.